The van der Waals surface area contributed by atoms with Crippen molar-refractivity contribution in [1.82, 2.24) is 4.90 Å². The first-order valence-electron chi connectivity index (χ1n) is 6.23. The third-order valence-electron chi connectivity index (χ3n) is 4.32. The van der Waals surface area contributed by atoms with Crippen LogP contribution >= 0.6 is 0 Å². The van der Waals surface area contributed by atoms with E-state index in [2.05, 4.69) is 18.7 Å². The minimum absolute atomic E-state index is 0.784. The molecule has 0 spiro atoms. The Balaban J connectivity index is 2.02. The van der Waals surface area contributed by atoms with Gasteiger partial charge in [0.25, 0.3) is 0 Å². The molecule has 2 heterocycles. The number of hydrogen-bond acceptors (Lipinski definition) is 2. The van der Waals surface area contributed by atoms with Crippen molar-refractivity contribution in [3.8, 4) is 0 Å². The Hall–Kier alpha value is -0.0800. The summed E-state index contributed by atoms with van der Waals surface area (Å²) in [5, 5.41) is 0. The van der Waals surface area contributed by atoms with Crippen LogP contribution in [0.25, 0.3) is 0 Å². The SMILES string of the molecule is CCC(C)N1C2CCC1CC(CN)C2. The van der Waals surface area contributed by atoms with E-state index in [1.807, 2.05) is 0 Å². The molecule has 2 nitrogen and oxygen atoms in total. The van der Waals surface area contributed by atoms with Crippen LogP contribution in [-0.2, 0) is 0 Å². The van der Waals surface area contributed by atoms with Gasteiger partial charge in [-0.15, -0.1) is 0 Å². The molecule has 2 N–H and O–H groups in total. The molecule has 0 aromatic heterocycles. The normalized spacial score (nSPS) is 40.1. The standard InChI is InChI=1S/C12H24N2/c1-3-9(2)14-11-4-5-12(14)7-10(6-11)8-13/h9-12H,3-8,13H2,1-2H3. The van der Waals surface area contributed by atoms with Gasteiger partial charge in [0.2, 0.25) is 0 Å². The van der Waals surface area contributed by atoms with E-state index in [9.17, 15) is 0 Å². The summed E-state index contributed by atoms with van der Waals surface area (Å²) in [5.41, 5.74) is 5.79. The van der Waals surface area contributed by atoms with Gasteiger partial charge in [-0.3, -0.25) is 4.90 Å². The van der Waals surface area contributed by atoms with Crippen molar-refractivity contribution in [3.63, 3.8) is 0 Å². The molecule has 2 fully saturated rings. The van der Waals surface area contributed by atoms with Crippen LogP contribution in [-0.4, -0.2) is 29.6 Å². The summed E-state index contributed by atoms with van der Waals surface area (Å²) < 4.78 is 0. The second kappa shape index (κ2) is 4.19. The molecule has 2 aliphatic rings. The molecule has 82 valence electrons. The Morgan fingerprint density at radius 3 is 2.29 bits per heavy atom. The average molecular weight is 196 g/mol. The van der Waals surface area contributed by atoms with Crippen molar-refractivity contribution in [2.24, 2.45) is 11.7 Å². The van der Waals surface area contributed by atoms with E-state index < -0.39 is 0 Å². The fraction of sp³-hybridized carbons (Fsp3) is 1.00. The predicted molar refractivity (Wildman–Crippen MR) is 60.2 cm³/mol. The van der Waals surface area contributed by atoms with E-state index in [4.69, 9.17) is 5.73 Å². The van der Waals surface area contributed by atoms with Crippen LogP contribution < -0.4 is 5.73 Å². The van der Waals surface area contributed by atoms with E-state index in [1.165, 1.54) is 32.1 Å². The first-order valence-corrected chi connectivity index (χ1v) is 6.23. The smallest absolute Gasteiger partial charge is 0.0105 e. The van der Waals surface area contributed by atoms with Gasteiger partial charge in [0, 0.05) is 18.1 Å². The Morgan fingerprint density at radius 1 is 1.29 bits per heavy atom. The molecule has 0 saturated carbocycles. The summed E-state index contributed by atoms with van der Waals surface area (Å²) in [5.74, 6) is 0.813. The van der Waals surface area contributed by atoms with Crippen LogP contribution in [0.4, 0.5) is 0 Å². The number of piperidine rings is 1. The minimum Gasteiger partial charge on any atom is -0.330 e. The molecule has 2 saturated heterocycles. The molecule has 0 aromatic rings. The Bertz CT molecular complexity index is 179. The first-order chi connectivity index (χ1) is 6.76. The van der Waals surface area contributed by atoms with Gasteiger partial charge in [-0.2, -0.15) is 0 Å². The van der Waals surface area contributed by atoms with Gasteiger partial charge < -0.3 is 5.73 Å². The van der Waals surface area contributed by atoms with E-state index in [-0.39, 0.29) is 0 Å². The Kier molecular flexibility index (Phi) is 3.13. The van der Waals surface area contributed by atoms with Gasteiger partial charge in [0.15, 0.2) is 0 Å². The molecule has 2 bridgehead atoms. The minimum atomic E-state index is 0.784. The highest BCUT2D eigenvalue weighted by atomic mass is 15.2. The fourth-order valence-corrected chi connectivity index (χ4v) is 3.45. The number of nitrogens with two attached hydrogens (primary N) is 1. The molecule has 2 heteroatoms. The maximum absolute atomic E-state index is 5.79. The zero-order chi connectivity index (χ0) is 10.1. The topological polar surface area (TPSA) is 29.3 Å². The summed E-state index contributed by atoms with van der Waals surface area (Å²) in [6.45, 7) is 5.59. The lowest BCUT2D eigenvalue weighted by atomic mass is 9.89. The number of rotatable bonds is 3. The van der Waals surface area contributed by atoms with Crippen LogP contribution in [0.5, 0.6) is 0 Å². The van der Waals surface area contributed by atoms with Gasteiger partial charge in [-0.1, -0.05) is 6.92 Å². The summed E-state index contributed by atoms with van der Waals surface area (Å²) in [6, 6.07) is 2.50. The highest BCUT2D eigenvalue weighted by Crippen LogP contribution is 2.39. The van der Waals surface area contributed by atoms with Gasteiger partial charge in [0.1, 0.15) is 0 Å². The van der Waals surface area contributed by atoms with Crippen LogP contribution in [0, 0.1) is 5.92 Å². The monoisotopic (exact) mass is 196 g/mol. The predicted octanol–water partition coefficient (Wildman–Crippen LogP) is 1.99. The van der Waals surface area contributed by atoms with Crippen molar-refractivity contribution in [3.05, 3.63) is 0 Å². The summed E-state index contributed by atoms with van der Waals surface area (Å²) in [6.07, 6.45) is 6.85. The van der Waals surface area contributed by atoms with Gasteiger partial charge >= 0.3 is 0 Å². The number of hydrogen-bond donors (Lipinski definition) is 1. The molecule has 0 aliphatic carbocycles. The van der Waals surface area contributed by atoms with Crippen molar-refractivity contribution >= 4 is 0 Å². The van der Waals surface area contributed by atoms with E-state index in [1.54, 1.807) is 0 Å². The molecule has 0 radical (unpaired) electrons. The van der Waals surface area contributed by atoms with Crippen LogP contribution in [0.2, 0.25) is 0 Å². The maximum atomic E-state index is 5.79. The maximum Gasteiger partial charge on any atom is 0.0105 e. The summed E-state index contributed by atoms with van der Waals surface area (Å²) >= 11 is 0. The quantitative estimate of drug-likeness (QED) is 0.748. The molecule has 2 rings (SSSR count). The Labute approximate surface area is 87.8 Å². The molecular formula is C12H24N2. The van der Waals surface area contributed by atoms with Crippen LogP contribution in [0.1, 0.15) is 46.0 Å². The lowest BCUT2D eigenvalue weighted by molar-refractivity contribution is 0.0668. The number of nitrogens with zero attached hydrogens (tertiary/aromatic N) is 1. The molecule has 3 unspecified atom stereocenters. The van der Waals surface area contributed by atoms with E-state index in [0.717, 1.165) is 30.6 Å². The van der Waals surface area contributed by atoms with Gasteiger partial charge in [-0.25, -0.2) is 0 Å². The molecule has 3 atom stereocenters. The van der Waals surface area contributed by atoms with Crippen LogP contribution in [0.3, 0.4) is 0 Å². The molecule has 14 heavy (non-hydrogen) atoms. The van der Waals surface area contributed by atoms with E-state index in [0.29, 0.717) is 0 Å². The van der Waals surface area contributed by atoms with Crippen molar-refractivity contribution < 1.29 is 0 Å². The van der Waals surface area contributed by atoms with Crippen LogP contribution in [0.15, 0.2) is 0 Å². The summed E-state index contributed by atoms with van der Waals surface area (Å²) in [4.78, 5) is 2.78. The second-order valence-electron chi connectivity index (χ2n) is 5.16. The zero-order valence-corrected chi connectivity index (χ0v) is 9.58. The zero-order valence-electron chi connectivity index (χ0n) is 9.58. The molecule has 0 aromatic carbocycles. The molecule has 0 amide bonds. The number of fused-ring (bicyclic) bond motifs is 2. The lowest BCUT2D eigenvalue weighted by Gasteiger charge is -2.42. The third-order valence-corrected chi connectivity index (χ3v) is 4.32. The highest BCUT2D eigenvalue weighted by Gasteiger charge is 2.41. The van der Waals surface area contributed by atoms with Gasteiger partial charge in [-0.05, 0) is 51.5 Å². The van der Waals surface area contributed by atoms with Crippen molar-refractivity contribution in [2.45, 2.75) is 64.1 Å². The highest BCUT2D eigenvalue weighted by molar-refractivity contribution is 4.96. The van der Waals surface area contributed by atoms with Crippen molar-refractivity contribution in [2.75, 3.05) is 6.54 Å². The molecular weight excluding hydrogens is 172 g/mol. The second-order valence-corrected chi connectivity index (χ2v) is 5.16. The molecule has 2 aliphatic heterocycles. The largest absolute Gasteiger partial charge is 0.330 e. The van der Waals surface area contributed by atoms with Gasteiger partial charge in [0.05, 0.1) is 0 Å². The lowest BCUT2D eigenvalue weighted by Crippen LogP contribution is -2.48. The average Bonchev–Trinajstić information content (AvgIpc) is 2.48. The third kappa shape index (κ3) is 1.70. The Morgan fingerprint density at radius 2 is 1.86 bits per heavy atom. The van der Waals surface area contributed by atoms with Crippen molar-refractivity contribution in [1.29, 1.82) is 0 Å². The van der Waals surface area contributed by atoms with E-state index >= 15 is 0 Å². The first kappa shape index (κ1) is 10.4. The fourth-order valence-electron chi connectivity index (χ4n) is 3.45. The summed E-state index contributed by atoms with van der Waals surface area (Å²) in [7, 11) is 0.